The van der Waals surface area contributed by atoms with Crippen LogP contribution in [0.1, 0.15) is 38.7 Å². The second-order valence-corrected chi connectivity index (χ2v) is 7.20. The maximum atomic E-state index is 5.66. The van der Waals surface area contributed by atoms with Gasteiger partial charge in [-0.05, 0) is 50.8 Å². The van der Waals surface area contributed by atoms with E-state index in [2.05, 4.69) is 27.4 Å². The summed E-state index contributed by atoms with van der Waals surface area (Å²) in [6.07, 6.45) is 3.90. The largest absolute Gasteiger partial charge is 0.493 e. The van der Waals surface area contributed by atoms with Crippen LogP contribution in [0.2, 0.25) is 0 Å². The van der Waals surface area contributed by atoms with Crippen LogP contribution in [-0.2, 0) is 6.54 Å². The molecule has 2 fully saturated rings. The number of ether oxygens (including phenoxy) is 2. The molecule has 2 N–H and O–H groups in total. The van der Waals surface area contributed by atoms with Crippen molar-refractivity contribution in [2.45, 2.75) is 57.8 Å². The van der Waals surface area contributed by atoms with Gasteiger partial charge in [-0.3, -0.25) is 9.89 Å². The van der Waals surface area contributed by atoms with Crippen molar-refractivity contribution in [3.05, 3.63) is 23.8 Å². The molecule has 2 unspecified atom stereocenters. The van der Waals surface area contributed by atoms with Crippen molar-refractivity contribution in [1.29, 1.82) is 0 Å². The molecule has 3 rings (SSSR count). The number of rotatable bonds is 7. The van der Waals surface area contributed by atoms with Gasteiger partial charge in [0.25, 0.3) is 0 Å². The summed E-state index contributed by atoms with van der Waals surface area (Å²) in [6, 6.07) is 7.97. The second-order valence-electron chi connectivity index (χ2n) is 7.20. The third-order valence-corrected chi connectivity index (χ3v) is 5.19. The minimum Gasteiger partial charge on any atom is -0.493 e. The molecule has 2 atom stereocenters. The molecule has 0 bridgehead atoms. The van der Waals surface area contributed by atoms with Crippen molar-refractivity contribution in [3.8, 4) is 11.5 Å². The number of halogens is 1. The van der Waals surface area contributed by atoms with Gasteiger partial charge in [0.05, 0.1) is 13.7 Å². The predicted octanol–water partition coefficient (Wildman–Crippen LogP) is 3.00. The molecule has 2 aliphatic rings. The Labute approximate surface area is 180 Å². The summed E-state index contributed by atoms with van der Waals surface area (Å²) in [7, 11) is 3.49. The number of guanidine groups is 1. The molecule has 0 radical (unpaired) electrons. The highest BCUT2D eigenvalue weighted by Gasteiger charge is 2.38. The minimum atomic E-state index is 0. The molecular formula is C20H33IN4O2. The third kappa shape index (κ3) is 5.88. The van der Waals surface area contributed by atoms with Gasteiger partial charge in [0.15, 0.2) is 17.5 Å². The van der Waals surface area contributed by atoms with E-state index in [1.807, 2.05) is 32.2 Å². The number of hydrogen-bond donors (Lipinski definition) is 2. The molecule has 1 aromatic rings. The number of methoxy groups -OCH3 is 1. The standard InChI is InChI=1S/C20H32N4O2.HI/c1-5-26-19-11-15(6-9-18(19)25-4)12-22-20(21-3)23-16-10-14(2)24(13-16)17-7-8-17;/h6,9,11,14,16-17H,5,7-8,10,12-13H2,1-4H3,(H2,21,22,23);1H. The van der Waals surface area contributed by atoms with Gasteiger partial charge in [0.1, 0.15) is 0 Å². The summed E-state index contributed by atoms with van der Waals surface area (Å²) in [6.45, 7) is 6.74. The van der Waals surface area contributed by atoms with Crippen LogP contribution in [0.4, 0.5) is 0 Å². The molecule has 6 nitrogen and oxygen atoms in total. The number of hydrogen-bond acceptors (Lipinski definition) is 4. The van der Waals surface area contributed by atoms with Gasteiger partial charge in [-0.25, -0.2) is 0 Å². The highest BCUT2D eigenvalue weighted by Crippen LogP contribution is 2.33. The molecule has 1 heterocycles. The molecule has 152 valence electrons. The maximum Gasteiger partial charge on any atom is 0.191 e. The van der Waals surface area contributed by atoms with E-state index < -0.39 is 0 Å². The normalized spacial score (nSPS) is 22.9. The number of aliphatic imine (C=N–C) groups is 1. The molecule has 1 aromatic carbocycles. The fourth-order valence-corrected chi connectivity index (χ4v) is 3.75. The van der Waals surface area contributed by atoms with Gasteiger partial charge in [-0.2, -0.15) is 0 Å². The summed E-state index contributed by atoms with van der Waals surface area (Å²) in [5.41, 5.74) is 1.14. The summed E-state index contributed by atoms with van der Waals surface area (Å²) in [5, 5.41) is 7.00. The van der Waals surface area contributed by atoms with Gasteiger partial charge in [0.2, 0.25) is 0 Å². The average Bonchev–Trinajstić information content (AvgIpc) is 3.42. The van der Waals surface area contributed by atoms with Crippen LogP contribution in [0.3, 0.4) is 0 Å². The van der Waals surface area contributed by atoms with Crippen molar-refractivity contribution in [3.63, 3.8) is 0 Å². The van der Waals surface area contributed by atoms with E-state index >= 15 is 0 Å². The quantitative estimate of drug-likeness (QED) is 0.351. The Morgan fingerprint density at radius 1 is 1.30 bits per heavy atom. The van der Waals surface area contributed by atoms with E-state index in [-0.39, 0.29) is 24.0 Å². The topological polar surface area (TPSA) is 58.1 Å². The number of benzene rings is 1. The Morgan fingerprint density at radius 3 is 2.70 bits per heavy atom. The number of nitrogens with one attached hydrogen (secondary N) is 2. The Hall–Kier alpha value is -1.22. The first-order valence-electron chi connectivity index (χ1n) is 9.67. The Bertz CT molecular complexity index is 636. The van der Waals surface area contributed by atoms with E-state index in [4.69, 9.17) is 9.47 Å². The molecule has 0 amide bonds. The first-order valence-corrected chi connectivity index (χ1v) is 9.67. The van der Waals surface area contributed by atoms with Crippen LogP contribution in [0.5, 0.6) is 11.5 Å². The van der Waals surface area contributed by atoms with Crippen molar-refractivity contribution >= 4 is 29.9 Å². The zero-order chi connectivity index (χ0) is 18.5. The molecular weight excluding hydrogens is 455 g/mol. The first-order chi connectivity index (χ1) is 12.6. The molecule has 1 aliphatic heterocycles. The van der Waals surface area contributed by atoms with Crippen LogP contribution < -0.4 is 20.1 Å². The highest BCUT2D eigenvalue weighted by atomic mass is 127. The van der Waals surface area contributed by atoms with Gasteiger partial charge in [-0.15, -0.1) is 24.0 Å². The van der Waals surface area contributed by atoms with Crippen molar-refractivity contribution in [2.75, 3.05) is 27.3 Å². The molecule has 1 saturated carbocycles. The predicted molar refractivity (Wildman–Crippen MR) is 121 cm³/mol. The van der Waals surface area contributed by atoms with E-state index in [9.17, 15) is 0 Å². The van der Waals surface area contributed by atoms with E-state index in [0.717, 1.165) is 35.6 Å². The van der Waals surface area contributed by atoms with Gasteiger partial charge in [-0.1, -0.05) is 6.07 Å². The molecule has 27 heavy (non-hydrogen) atoms. The zero-order valence-corrected chi connectivity index (χ0v) is 19.2. The molecule has 7 heteroatoms. The van der Waals surface area contributed by atoms with Gasteiger partial charge >= 0.3 is 0 Å². The van der Waals surface area contributed by atoms with Crippen LogP contribution in [0.15, 0.2) is 23.2 Å². The minimum absolute atomic E-state index is 0. The van der Waals surface area contributed by atoms with Crippen LogP contribution >= 0.6 is 24.0 Å². The SMILES string of the molecule is CCOc1cc(CNC(=NC)NC2CC(C)N(C3CC3)C2)ccc1OC.I. The lowest BCUT2D eigenvalue weighted by molar-refractivity contribution is 0.256. The molecule has 0 spiro atoms. The lowest BCUT2D eigenvalue weighted by Crippen LogP contribution is -2.44. The summed E-state index contributed by atoms with van der Waals surface area (Å²) in [4.78, 5) is 7.03. The van der Waals surface area contributed by atoms with Crippen molar-refractivity contribution in [2.24, 2.45) is 4.99 Å². The molecule has 1 saturated heterocycles. The van der Waals surface area contributed by atoms with E-state index in [0.29, 0.717) is 25.2 Å². The Morgan fingerprint density at radius 2 is 2.07 bits per heavy atom. The van der Waals surface area contributed by atoms with Crippen molar-refractivity contribution in [1.82, 2.24) is 15.5 Å². The van der Waals surface area contributed by atoms with Gasteiger partial charge in [0, 0.05) is 38.3 Å². The Balaban J connectivity index is 0.00000261. The summed E-state index contributed by atoms with van der Waals surface area (Å²) < 4.78 is 11.0. The zero-order valence-electron chi connectivity index (χ0n) is 16.8. The highest BCUT2D eigenvalue weighted by molar-refractivity contribution is 14.0. The fraction of sp³-hybridized carbons (Fsp3) is 0.650. The number of likely N-dealkylation sites (tertiary alicyclic amines) is 1. The van der Waals surface area contributed by atoms with Crippen LogP contribution in [0, 0.1) is 0 Å². The lowest BCUT2D eigenvalue weighted by atomic mass is 10.2. The van der Waals surface area contributed by atoms with E-state index in [1.165, 1.54) is 19.3 Å². The number of nitrogens with zero attached hydrogens (tertiary/aromatic N) is 2. The van der Waals surface area contributed by atoms with Crippen LogP contribution in [-0.4, -0.2) is 56.3 Å². The average molecular weight is 488 g/mol. The Kier molecular flexibility index (Phi) is 8.47. The first kappa shape index (κ1) is 22.1. The lowest BCUT2D eigenvalue weighted by Gasteiger charge is -2.20. The summed E-state index contributed by atoms with van der Waals surface area (Å²) in [5.74, 6) is 2.40. The van der Waals surface area contributed by atoms with Crippen molar-refractivity contribution < 1.29 is 9.47 Å². The van der Waals surface area contributed by atoms with Gasteiger partial charge < -0.3 is 20.1 Å². The fourth-order valence-electron chi connectivity index (χ4n) is 3.75. The second kappa shape index (κ2) is 10.4. The monoisotopic (exact) mass is 488 g/mol. The summed E-state index contributed by atoms with van der Waals surface area (Å²) >= 11 is 0. The van der Waals surface area contributed by atoms with Crippen LogP contribution in [0.25, 0.3) is 0 Å². The molecule has 0 aromatic heterocycles. The molecule has 1 aliphatic carbocycles. The third-order valence-electron chi connectivity index (χ3n) is 5.19. The van der Waals surface area contributed by atoms with E-state index in [1.54, 1.807) is 7.11 Å². The maximum absolute atomic E-state index is 5.66. The smallest absolute Gasteiger partial charge is 0.191 e.